The van der Waals surface area contributed by atoms with Crippen LogP contribution in [0, 0.1) is 0 Å². The summed E-state index contributed by atoms with van der Waals surface area (Å²) in [6, 6.07) is 7.90. The Morgan fingerprint density at radius 3 is 2.59 bits per heavy atom. The molecule has 1 aromatic carbocycles. The molecule has 0 spiro atoms. The Kier molecular flexibility index (Phi) is 3.27. The molecular formula is C13H16BrNO2. The summed E-state index contributed by atoms with van der Waals surface area (Å²) >= 11 is 3.38. The summed E-state index contributed by atoms with van der Waals surface area (Å²) < 4.78 is 6.20. The average Bonchev–Trinajstić information content (AvgIpc) is 2.92. The van der Waals surface area contributed by atoms with Crippen LogP contribution in [-0.4, -0.2) is 17.6 Å². The van der Waals surface area contributed by atoms with E-state index < -0.39 is 5.54 Å². The number of nitrogens with two attached hydrogens (primary N) is 1. The van der Waals surface area contributed by atoms with Gasteiger partial charge < -0.3 is 10.5 Å². The fourth-order valence-electron chi connectivity index (χ4n) is 1.94. The molecule has 2 unspecified atom stereocenters. The van der Waals surface area contributed by atoms with Crippen LogP contribution in [0.3, 0.4) is 0 Å². The minimum absolute atomic E-state index is 0.0850. The molecule has 1 aliphatic rings. The minimum atomic E-state index is -0.821. The average molecular weight is 298 g/mol. The third kappa shape index (κ3) is 2.53. The molecule has 2 N–H and O–H groups in total. The summed E-state index contributed by atoms with van der Waals surface area (Å²) in [5.74, 6) is -0.206. The van der Waals surface area contributed by atoms with Gasteiger partial charge in [0.25, 0.3) is 0 Å². The van der Waals surface area contributed by atoms with E-state index in [2.05, 4.69) is 15.9 Å². The maximum atomic E-state index is 11.8. The van der Waals surface area contributed by atoms with E-state index >= 15 is 0 Å². The molecule has 0 aliphatic heterocycles. The summed E-state index contributed by atoms with van der Waals surface area (Å²) in [6.07, 6.45) is 0.550. The van der Waals surface area contributed by atoms with Crippen molar-refractivity contribution < 1.29 is 9.53 Å². The van der Waals surface area contributed by atoms with Crippen LogP contribution in [0.15, 0.2) is 28.7 Å². The summed E-state index contributed by atoms with van der Waals surface area (Å²) in [7, 11) is 0. The molecule has 0 amide bonds. The Hall–Kier alpha value is -0.870. The second-order valence-electron chi connectivity index (χ2n) is 4.80. The summed E-state index contributed by atoms with van der Waals surface area (Å²) in [6.45, 7) is 3.66. The van der Waals surface area contributed by atoms with Crippen LogP contribution in [-0.2, 0) is 9.53 Å². The molecule has 1 aromatic rings. The Morgan fingerprint density at radius 1 is 1.47 bits per heavy atom. The number of rotatable bonds is 3. The molecule has 4 heteroatoms. The van der Waals surface area contributed by atoms with Gasteiger partial charge in [-0.15, -0.1) is 0 Å². The van der Waals surface area contributed by atoms with Crippen LogP contribution < -0.4 is 5.73 Å². The van der Waals surface area contributed by atoms with Gasteiger partial charge in [-0.2, -0.15) is 0 Å². The standard InChI is InChI=1S/C13H16BrNO2/c1-8(2)17-12(16)13(15)7-11(13)9-3-5-10(14)6-4-9/h3-6,8,11H,7,15H2,1-2H3. The second-order valence-corrected chi connectivity index (χ2v) is 5.72. The van der Waals surface area contributed by atoms with Crippen LogP contribution in [0.1, 0.15) is 31.7 Å². The fourth-order valence-corrected chi connectivity index (χ4v) is 2.20. The molecule has 0 bridgehead atoms. The molecule has 92 valence electrons. The molecule has 1 aliphatic carbocycles. The van der Waals surface area contributed by atoms with Crippen LogP contribution >= 0.6 is 15.9 Å². The highest BCUT2D eigenvalue weighted by Gasteiger charge is 2.59. The van der Waals surface area contributed by atoms with Gasteiger partial charge in [0, 0.05) is 10.4 Å². The van der Waals surface area contributed by atoms with E-state index in [0.717, 1.165) is 10.0 Å². The minimum Gasteiger partial charge on any atom is -0.462 e. The highest BCUT2D eigenvalue weighted by Crippen LogP contribution is 2.50. The van der Waals surface area contributed by atoms with Crippen LogP contribution in [0.5, 0.6) is 0 Å². The summed E-state index contributed by atoms with van der Waals surface area (Å²) in [4.78, 5) is 11.8. The van der Waals surface area contributed by atoms with Crippen molar-refractivity contribution in [3.05, 3.63) is 34.3 Å². The number of carbonyl (C=O) groups is 1. The van der Waals surface area contributed by atoms with Crippen molar-refractivity contribution in [2.45, 2.75) is 37.8 Å². The lowest BCUT2D eigenvalue weighted by Crippen LogP contribution is -2.37. The Bertz CT molecular complexity index is 430. The number of esters is 1. The first-order valence-corrected chi connectivity index (χ1v) is 6.48. The highest BCUT2D eigenvalue weighted by atomic mass is 79.9. The topological polar surface area (TPSA) is 52.3 Å². The maximum absolute atomic E-state index is 11.8. The molecular weight excluding hydrogens is 282 g/mol. The smallest absolute Gasteiger partial charge is 0.327 e. The van der Waals surface area contributed by atoms with Crippen molar-refractivity contribution in [3.63, 3.8) is 0 Å². The van der Waals surface area contributed by atoms with Crippen LogP contribution in [0.25, 0.3) is 0 Å². The van der Waals surface area contributed by atoms with Gasteiger partial charge in [0.05, 0.1) is 6.10 Å². The lowest BCUT2D eigenvalue weighted by atomic mass is 10.1. The molecule has 2 rings (SSSR count). The van der Waals surface area contributed by atoms with Crippen molar-refractivity contribution >= 4 is 21.9 Å². The fraction of sp³-hybridized carbons (Fsp3) is 0.462. The molecule has 2 atom stereocenters. The van der Waals surface area contributed by atoms with E-state index in [1.54, 1.807) is 0 Å². The van der Waals surface area contributed by atoms with Crippen LogP contribution in [0.4, 0.5) is 0 Å². The molecule has 3 nitrogen and oxygen atoms in total. The second kappa shape index (κ2) is 4.42. The third-order valence-corrected chi connectivity index (χ3v) is 3.53. The van der Waals surface area contributed by atoms with Crippen LogP contribution in [0.2, 0.25) is 0 Å². The van der Waals surface area contributed by atoms with E-state index in [-0.39, 0.29) is 18.0 Å². The Morgan fingerprint density at radius 2 is 2.06 bits per heavy atom. The van der Waals surface area contributed by atoms with E-state index in [1.165, 1.54) is 0 Å². The molecule has 0 saturated heterocycles. The molecule has 1 fully saturated rings. The Labute approximate surface area is 109 Å². The zero-order valence-electron chi connectivity index (χ0n) is 9.94. The number of carbonyl (C=O) groups excluding carboxylic acids is 1. The normalized spacial score (nSPS) is 27.0. The first-order chi connectivity index (χ1) is 7.93. The Balaban J connectivity index is 2.08. The van der Waals surface area contributed by atoms with Gasteiger partial charge in [0.15, 0.2) is 0 Å². The number of benzene rings is 1. The largest absolute Gasteiger partial charge is 0.462 e. The van der Waals surface area contributed by atoms with E-state index in [0.29, 0.717) is 6.42 Å². The van der Waals surface area contributed by atoms with Crippen molar-refractivity contribution in [1.29, 1.82) is 0 Å². The van der Waals surface area contributed by atoms with Crippen molar-refractivity contribution in [3.8, 4) is 0 Å². The van der Waals surface area contributed by atoms with Gasteiger partial charge in [-0.1, -0.05) is 28.1 Å². The monoisotopic (exact) mass is 297 g/mol. The number of ether oxygens (including phenoxy) is 1. The van der Waals surface area contributed by atoms with Gasteiger partial charge in [0.2, 0.25) is 0 Å². The van der Waals surface area contributed by atoms with Gasteiger partial charge in [-0.05, 0) is 38.0 Å². The lowest BCUT2D eigenvalue weighted by molar-refractivity contribution is -0.150. The van der Waals surface area contributed by atoms with Gasteiger partial charge >= 0.3 is 5.97 Å². The molecule has 0 radical (unpaired) electrons. The number of hydrogen-bond donors (Lipinski definition) is 1. The number of halogens is 1. The molecule has 1 saturated carbocycles. The quantitative estimate of drug-likeness (QED) is 0.873. The van der Waals surface area contributed by atoms with Gasteiger partial charge in [-0.25, -0.2) is 0 Å². The van der Waals surface area contributed by atoms with Crippen molar-refractivity contribution in [2.24, 2.45) is 5.73 Å². The zero-order chi connectivity index (χ0) is 12.6. The zero-order valence-corrected chi connectivity index (χ0v) is 11.5. The van der Waals surface area contributed by atoms with Gasteiger partial charge in [-0.3, -0.25) is 4.79 Å². The lowest BCUT2D eigenvalue weighted by Gasteiger charge is -2.14. The van der Waals surface area contributed by atoms with E-state index in [1.807, 2.05) is 38.1 Å². The molecule has 17 heavy (non-hydrogen) atoms. The predicted octanol–water partition coefficient (Wildman–Crippen LogP) is 2.59. The predicted molar refractivity (Wildman–Crippen MR) is 69.6 cm³/mol. The number of hydrogen-bond acceptors (Lipinski definition) is 3. The van der Waals surface area contributed by atoms with E-state index in [4.69, 9.17) is 10.5 Å². The molecule has 0 aromatic heterocycles. The summed E-state index contributed by atoms with van der Waals surface area (Å²) in [5, 5.41) is 0. The van der Waals surface area contributed by atoms with Gasteiger partial charge in [0.1, 0.15) is 5.54 Å². The first kappa shape index (κ1) is 12.6. The molecule has 0 heterocycles. The van der Waals surface area contributed by atoms with Crippen molar-refractivity contribution in [1.82, 2.24) is 0 Å². The maximum Gasteiger partial charge on any atom is 0.327 e. The van der Waals surface area contributed by atoms with E-state index in [9.17, 15) is 4.79 Å². The third-order valence-electron chi connectivity index (χ3n) is 3.00. The SMILES string of the molecule is CC(C)OC(=O)C1(N)CC1c1ccc(Br)cc1. The first-order valence-electron chi connectivity index (χ1n) is 5.69. The van der Waals surface area contributed by atoms with Crippen molar-refractivity contribution in [2.75, 3.05) is 0 Å². The summed E-state index contributed by atoms with van der Waals surface area (Å²) in [5.41, 5.74) is 6.34. The highest BCUT2D eigenvalue weighted by molar-refractivity contribution is 9.10.